The summed E-state index contributed by atoms with van der Waals surface area (Å²) in [6.07, 6.45) is 10.1. The molecule has 0 saturated carbocycles. The van der Waals surface area contributed by atoms with Crippen molar-refractivity contribution in [2.75, 3.05) is 0 Å². The van der Waals surface area contributed by atoms with Crippen LogP contribution in [0.15, 0.2) is 30.3 Å². The molecule has 2 N–H and O–H groups in total. The zero-order valence-corrected chi connectivity index (χ0v) is 14.7. The molecule has 0 heterocycles. The van der Waals surface area contributed by atoms with Crippen LogP contribution < -0.4 is 0 Å². The van der Waals surface area contributed by atoms with Crippen LogP contribution in [0.3, 0.4) is 0 Å². The molecule has 136 valence electrons. The average molecular weight is 342 g/mol. The van der Waals surface area contributed by atoms with Gasteiger partial charge in [0.05, 0.1) is 0 Å². The Morgan fingerprint density at radius 1 is 0.800 bits per heavy atom. The van der Waals surface area contributed by atoms with E-state index in [9.17, 15) is 19.8 Å². The summed E-state index contributed by atoms with van der Waals surface area (Å²) >= 11 is 0. The molecule has 0 spiro atoms. The molecule has 0 unspecified atom stereocenters. The number of carboxylic acids is 2. The molecule has 0 fully saturated rings. The quantitative estimate of drug-likeness (QED) is 0.317. The van der Waals surface area contributed by atoms with Crippen LogP contribution in [-0.4, -0.2) is 41.0 Å². The van der Waals surface area contributed by atoms with Crippen LogP contribution in [0.2, 0.25) is 0 Å². The van der Waals surface area contributed by atoms with Crippen molar-refractivity contribution in [3.8, 4) is 0 Å². The van der Waals surface area contributed by atoms with Crippen molar-refractivity contribution in [1.29, 1.82) is 0 Å². The summed E-state index contributed by atoms with van der Waals surface area (Å²) in [4.78, 5) is 23.5. The first kappa shape index (κ1) is 23.8. The predicted molar refractivity (Wildman–Crippen MR) is 102 cm³/mol. The third kappa shape index (κ3) is 7.26. The third-order valence-corrected chi connectivity index (χ3v) is 4.65. The molecule has 0 bridgehead atoms. The summed E-state index contributed by atoms with van der Waals surface area (Å²) < 4.78 is 0. The Hall–Kier alpha value is -1.24. The van der Waals surface area contributed by atoms with E-state index in [0.717, 1.165) is 19.3 Å². The molecule has 4 nitrogen and oxygen atoms in total. The Morgan fingerprint density at radius 2 is 1.24 bits per heavy atom. The van der Waals surface area contributed by atoms with Crippen molar-refractivity contribution in [1.82, 2.24) is 0 Å². The minimum atomic E-state index is -1.83. The first-order valence-corrected chi connectivity index (χ1v) is 9.08. The Kier molecular flexibility index (Phi) is 12.4. The summed E-state index contributed by atoms with van der Waals surface area (Å²) in [5.41, 5.74) is -1.48. The van der Waals surface area contributed by atoms with E-state index in [1.807, 2.05) is 0 Å². The van der Waals surface area contributed by atoms with E-state index in [0.29, 0.717) is 12.0 Å². The van der Waals surface area contributed by atoms with Crippen molar-refractivity contribution in [2.24, 2.45) is 0 Å². The van der Waals surface area contributed by atoms with Gasteiger partial charge in [0, 0.05) is 0 Å². The van der Waals surface area contributed by atoms with E-state index in [1.54, 1.807) is 30.3 Å². The number of hydrogen-bond acceptors (Lipinski definition) is 2. The molecule has 0 radical (unpaired) electrons. The maximum atomic E-state index is 11.7. The average Bonchev–Trinajstić information content (AvgIpc) is 2.57. The Labute approximate surface area is 163 Å². The van der Waals surface area contributed by atoms with E-state index < -0.39 is 17.4 Å². The third-order valence-electron chi connectivity index (χ3n) is 4.65. The summed E-state index contributed by atoms with van der Waals surface area (Å²) in [5.74, 6) is -2.55. The molecule has 1 rings (SSSR count). The summed E-state index contributed by atoms with van der Waals surface area (Å²) in [6, 6.07) is 8.32. The van der Waals surface area contributed by atoms with E-state index in [1.165, 1.54) is 32.1 Å². The molecule has 0 atom stereocenters. The van der Waals surface area contributed by atoms with E-state index in [2.05, 4.69) is 6.92 Å². The van der Waals surface area contributed by atoms with E-state index in [-0.39, 0.29) is 25.3 Å². The van der Waals surface area contributed by atoms with Gasteiger partial charge in [-0.2, -0.15) is 0 Å². The molecule has 0 amide bonds. The van der Waals surface area contributed by atoms with Gasteiger partial charge in [0.2, 0.25) is 0 Å². The predicted octanol–water partition coefficient (Wildman–Crippen LogP) is 4.37. The molecular formula is C20H31LiO4. The second-order valence-electron chi connectivity index (χ2n) is 6.46. The fraction of sp³-hybridized carbons (Fsp3) is 0.600. The Bertz CT molecular complexity index is 488. The van der Waals surface area contributed by atoms with Crippen molar-refractivity contribution >= 4 is 30.8 Å². The number of unbranched alkanes of at least 4 members (excludes halogenated alkanes) is 8. The molecule has 1 aromatic rings. The van der Waals surface area contributed by atoms with Gasteiger partial charge >= 0.3 is 30.8 Å². The first-order chi connectivity index (χ1) is 11.6. The summed E-state index contributed by atoms with van der Waals surface area (Å²) in [5, 5.41) is 19.2. The molecule has 0 aromatic heterocycles. The number of benzene rings is 1. The maximum absolute atomic E-state index is 11.7. The normalized spacial score (nSPS) is 10.9. The van der Waals surface area contributed by atoms with Crippen LogP contribution in [0, 0.1) is 0 Å². The van der Waals surface area contributed by atoms with Crippen molar-refractivity contribution in [2.45, 2.75) is 76.5 Å². The van der Waals surface area contributed by atoms with E-state index >= 15 is 0 Å². The monoisotopic (exact) mass is 342 g/mol. The molecule has 0 aliphatic heterocycles. The van der Waals surface area contributed by atoms with Gasteiger partial charge in [-0.05, 0) is 12.0 Å². The molecule has 25 heavy (non-hydrogen) atoms. The number of aliphatic carboxylic acids is 2. The van der Waals surface area contributed by atoms with Gasteiger partial charge in [-0.1, -0.05) is 95.0 Å². The number of hydrogen-bond donors (Lipinski definition) is 2. The van der Waals surface area contributed by atoms with Gasteiger partial charge in [0.15, 0.2) is 5.41 Å². The van der Waals surface area contributed by atoms with Crippen molar-refractivity contribution in [3.63, 3.8) is 0 Å². The van der Waals surface area contributed by atoms with Crippen molar-refractivity contribution < 1.29 is 19.8 Å². The van der Waals surface area contributed by atoms with Crippen LogP contribution >= 0.6 is 0 Å². The topological polar surface area (TPSA) is 74.6 Å². The van der Waals surface area contributed by atoms with Crippen LogP contribution in [0.1, 0.15) is 76.7 Å². The Balaban J connectivity index is 0.00000576. The van der Waals surface area contributed by atoms with Gasteiger partial charge in [0.25, 0.3) is 0 Å². The fourth-order valence-corrected chi connectivity index (χ4v) is 3.12. The van der Waals surface area contributed by atoms with Crippen LogP contribution in [0.5, 0.6) is 0 Å². The molecule has 0 aliphatic rings. The summed E-state index contributed by atoms with van der Waals surface area (Å²) in [6.45, 7) is 2.20. The minimum absolute atomic E-state index is 0. The molecule has 5 heteroatoms. The van der Waals surface area contributed by atoms with Crippen LogP contribution in [-0.2, 0) is 15.0 Å². The molecular weight excluding hydrogens is 311 g/mol. The molecule has 0 saturated heterocycles. The summed E-state index contributed by atoms with van der Waals surface area (Å²) in [7, 11) is 0. The molecule has 0 aliphatic carbocycles. The van der Waals surface area contributed by atoms with Gasteiger partial charge in [-0.3, -0.25) is 9.59 Å². The Morgan fingerprint density at radius 3 is 1.68 bits per heavy atom. The SMILES string of the molecule is CCCCCCCCCCCC(C(=O)O)(C(=O)O)c1ccccc1.[LiH]. The van der Waals surface area contributed by atoms with Gasteiger partial charge in [-0.25, -0.2) is 0 Å². The first-order valence-electron chi connectivity index (χ1n) is 9.08. The van der Waals surface area contributed by atoms with Crippen molar-refractivity contribution in [3.05, 3.63) is 35.9 Å². The van der Waals surface area contributed by atoms with Gasteiger partial charge in [-0.15, -0.1) is 0 Å². The van der Waals surface area contributed by atoms with Gasteiger partial charge in [0.1, 0.15) is 0 Å². The fourth-order valence-electron chi connectivity index (χ4n) is 3.12. The standard InChI is InChI=1S/C20H30O4.Li.H/c1-2-3-4-5-6-7-8-9-13-16-20(18(21)22,19(23)24)17-14-11-10-12-15-17;;/h10-12,14-15H,2-9,13,16H2,1H3,(H,21,22)(H,23,24);;. The number of rotatable bonds is 13. The zero-order chi connectivity index (χ0) is 17.8. The van der Waals surface area contributed by atoms with E-state index in [4.69, 9.17) is 0 Å². The van der Waals surface area contributed by atoms with Crippen LogP contribution in [0.25, 0.3) is 0 Å². The second kappa shape index (κ2) is 13.0. The zero-order valence-electron chi connectivity index (χ0n) is 14.7. The number of carboxylic acid groups (broad SMARTS) is 2. The van der Waals surface area contributed by atoms with Gasteiger partial charge < -0.3 is 10.2 Å². The second-order valence-corrected chi connectivity index (χ2v) is 6.46. The van der Waals surface area contributed by atoms with Crippen LogP contribution in [0.4, 0.5) is 0 Å². The number of carbonyl (C=O) groups is 2. The molecule has 1 aromatic carbocycles.